The molecule has 3 rings (SSSR count). The molecule has 0 radical (unpaired) electrons. The summed E-state index contributed by atoms with van der Waals surface area (Å²) >= 11 is 0. The molecule has 0 bridgehead atoms. The number of nitrogens with two attached hydrogens (primary N) is 1. The molecule has 126 valence electrons. The van der Waals surface area contributed by atoms with Gasteiger partial charge in [-0.1, -0.05) is 36.4 Å². The molecular weight excluding hydrogens is 318 g/mol. The van der Waals surface area contributed by atoms with E-state index in [-0.39, 0.29) is 11.3 Å². The Morgan fingerprint density at radius 2 is 1.84 bits per heavy atom. The van der Waals surface area contributed by atoms with E-state index in [1.165, 1.54) is 24.4 Å². The van der Waals surface area contributed by atoms with E-state index in [2.05, 4.69) is 9.98 Å². The molecule has 4 N–H and O–H groups in total. The second kappa shape index (κ2) is 8.83. The lowest BCUT2D eigenvalue weighted by Crippen LogP contribution is -2.06. The van der Waals surface area contributed by atoms with E-state index in [1.54, 1.807) is 42.6 Å². The van der Waals surface area contributed by atoms with Crippen molar-refractivity contribution in [3.63, 3.8) is 0 Å². The van der Waals surface area contributed by atoms with Crippen LogP contribution in [0.25, 0.3) is 0 Å². The van der Waals surface area contributed by atoms with E-state index in [9.17, 15) is 9.90 Å². The Morgan fingerprint density at radius 1 is 1.08 bits per heavy atom. The van der Waals surface area contributed by atoms with E-state index in [0.717, 1.165) is 0 Å². The van der Waals surface area contributed by atoms with Crippen molar-refractivity contribution >= 4 is 23.7 Å². The average molecular weight is 335 g/mol. The Bertz CT molecular complexity index is 865. The predicted octanol–water partition coefficient (Wildman–Crippen LogP) is 2.29. The van der Waals surface area contributed by atoms with Crippen LogP contribution < -0.4 is 15.8 Å². The van der Waals surface area contributed by atoms with Gasteiger partial charge < -0.3 is 10.2 Å². The third-order valence-electron chi connectivity index (χ3n) is 3.10. The molecular formula is C19H17N3O3. The molecule has 0 saturated carbocycles. The molecule has 0 spiro atoms. The van der Waals surface area contributed by atoms with Gasteiger partial charge in [0.2, 0.25) is 0 Å². The molecule has 3 aromatic rings. The summed E-state index contributed by atoms with van der Waals surface area (Å²) in [6, 6.07) is 18.3. The fourth-order valence-corrected chi connectivity index (χ4v) is 1.86. The van der Waals surface area contributed by atoms with Crippen molar-refractivity contribution in [2.45, 2.75) is 0 Å². The Labute approximate surface area is 144 Å². The fourth-order valence-electron chi connectivity index (χ4n) is 1.86. The second-order valence-electron chi connectivity index (χ2n) is 4.97. The summed E-state index contributed by atoms with van der Waals surface area (Å²) in [6.07, 6.45) is 3.22. The minimum absolute atomic E-state index is 0.115. The third-order valence-corrected chi connectivity index (χ3v) is 3.10. The molecule has 0 aliphatic rings. The minimum atomic E-state index is -1.00. The van der Waals surface area contributed by atoms with E-state index in [1.807, 2.05) is 12.1 Å². The number of hydrogen-bond donors (Lipinski definition) is 2. The lowest BCUT2D eigenvalue weighted by molar-refractivity contribution is -0.360. The van der Waals surface area contributed by atoms with E-state index >= 15 is 0 Å². The normalized spacial score (nSPS) is 10.1. The number of aromatic carboxylic acids is 1. The minimum Gasteiger partial charge on any atom is -0.872 e. The van der Waals surface area contributed by atoms with Crippen molar-refractivity contribution < 1.29 is 20.0 Å². The molecule has 0 aliphatic carbocycles. The molecule has 0 saturated heterocycles. The van der Waals surface area contributed by atoms with Crippen LogP contribution in [0.3, 0.4) is 0 Å². The number of carboxylic acids is 1. The number of rotatable bonds is 3. The molecule has 0 amide bonds. The molecule has 1 heterocycles. The SMILES string of the molecule is Nc1cccc[nH+]1.O=C(O)c1cccc(N=Cc2ccccc2[O-])c1. The van der Waals surface area contributed by atoms with Crippen molar-refractivity contribution in [1.29, 1.82) is 0 Å². The number of nitrogens with one attached hydrogen (secondary N) is 1. The molecule has 1 aromatic heterocycles. The number of nitrogens with zero attached hydrogens (tertiary/aromatic N) is 1. The largest absolute Gasteiger partial charge is 0.872 e. The van der Waals surface area contributed by atoms with Crippen LogP contribution in [0.2, 0.25) is 0 Å². The Kier molecular flexibility index (Phi) is 6.24. The first-order valence-electron chi connectivity index (χ1n) is 7.42. The zero-order valence-corrected chi connectivity index (χ0v) is 13.3. The number of anilines is 1. The Balaban J connectivity index is 0.000000269. The maximum atomic E-state index is 11.4. The van der Waals surface area contributed by atoms with Gasteiger partial charge in [0, 0.05) is 12.3 Å². The zero-order chi connectivity index (χ0) is 18.1. The first-order chi connectivity index (χ1) is 12.1. The zero-order valence-electron chi connectivity index (χ0n) is 13.3. The highest BCUT2D eigenvalue weighted by atomic mass is 16.4. The van der Waals surface area contributed by atoms with Crippen LogP contribution in [0.4, 0.5) is 11.5 Å². The summed E-state index contributed by atoms with van der Waals surface area (Å²) in [5, 5.41) is 20.3. The highest BCUT2D eigenvalue weighted by molar-refractivity contribution is 5.89. The number of para-hydroxylation sites is 1. The highest BCUT2D eigenvalue weighted by Crippen LogP contribution is 2.16. The number of aromatic nitrogens is 1. The standard InChI is InChI=1S/C14H11NO3.C5H6N2/c16-13-7-2-1-4-11(13)9-15-12-6-3-5-10(8-12)14(17)18;6-5-3-1-2-4-7-5/h1-9,16H,(H,17,18);1-4H,(H2,6,7). The van der Waals surface area contributed by atoms with E-state index in [0.29, 0.717) is 17.1 Å². The predicted molar refractivity (Wildman–Crippen MR) is 94.0 cm³/mol. The van der Waals surface area contributed by atoms with Crippen LogP contribution in [-0.4, -0.2) is 17.3 Å². The third kappa shape index (κ3) is 5.80. The van der Waals surface area contributed by atoms with Crippen LogP contribution in [0, 0.1) is 0 Å². The van der Waals surface area contributed by atoms with Crippen LogP contribution in [0.5, 0.6) is 5.75 Å². The number of aromatic amines is 1. The lowest BCUT2D eigenvalue weighted by Gasteiger charge is -2.07. The summed E-state index contributed by atoms with van der Waals surface area (Å²) in [6.45, 7) is 0. The number of benzene rings is 2. The fraction of sp³-hybridized carbons (Fsp3) is 0. The lowest BCUT2D eigenvalue weighted by atomic mass is 10.2. The smallest absolute Gasteiger partial charge is 0.335 e. The van der Waals surface area contributed by atoms with Crippen LogP contribution in [-0.2, 0) is 0 Å². The van der Waals surface area contributed by atoms with E-state index < -0.39 is 5.97 Å². The Hall–Kier alpha value is -3.67. The number of carboxylic acid groups (broad SMARTS) is 1. The quantitative estimate of drug-likeness (QED) is 0.715. The molecule has 6 heteroatoms. The number of carbonyl (C=O) groups is 1. The van der Waals surface area contributed by atoms with Crippen molar-refractivity contribution in [2.24, 2.45) is 4.99 Å². The Morgan fingerprint density at radius 3 is 2.44 bits per heavy atom. The van der Waals surface area contributed by atoms with Gasteiger partial charge in [0.1, 0.15) is 0 Å². The molecule has 0 aliphatic heterocycles. The first-order valence-corrected chi connectivity index (χ1v) is 7.42. The van der Waals surface area contributed by atoms with Gasteiger partial charge in [-0.25, -0.2) is 9.78 Å². The van der Waals surface area contributed by atoms with Crippen LogP contribution >= 0.6 is 0 Å². The highest BCUT2D eigenvalue weighted by Gasteiger charge is 2.01. The maximum Gasteiger partial charge on any atom is 0.335 e. The topological polar surface area (TPSA) is 113 Å². The molecule has 6 nitrogen and oxygen atoms in total. The van der Waals surface area contributed by atoms with Crippen molar-refractivity contribution in [3.05, 3.63) is 84.1 Å². The molecule has 0 atom stereocenters. The van der Waals surface area contributed by atoms with Gasteiger partial charge in [-0.05, 0) is 29.8 Å². The van der Waals surface area contributed by atoms with Crippen LogP contribution in [0.15, 0.2) is 77.9 Å². The molecule has 0 fully saturated rings. The average Bonchev–Trinajstić information content (AvgIpc) is 2.62. The molecule has 0 unspecified atom stereocenters. The first kappa shape index (κ1) is 17.7. The number of aliphatic imine (C=N–C) groups is 1. The van der Waals surface area contributed by atoms with Crippen molar-refractivity contribution in [3.8, 4) is 5.75 Å². The summed E-state index contributed by atoms with van der Waals surface area (Å²) in [4.78, 5) is 17.7. The molecule has 25 heavy (non-hydrogen) atoms. The van der Waals surface area contributed by atoms with Crippen molar-refractivity contribution in [2.75, 3.05) is 5.73 Å². The van der Waals surface area contributed by atoms with Gasteiger partial charge in [0.25, 0.3) is 5.82 Å². The summed E-state index contributed by atoms with van der Waals surface area (Å²) in [7, 11) is 0. The van der Waals surface area contributed by atoms with Crippen molar-refractivity contribution in [1.82, 2.24) is 0 Å². The maximum absolute atomic E-state index is 11.4. The van der Waals surface area contributed by atoms with Gasteiger partial charge in [-0.2, -0.15) is 0 Å². The summed E-state index contributed by atoms with van der Waals surface area (Å²) < 4.78 is 0. The number of nitrogen functional groups attached to an aromatic ring is 1. The monoisotopic (exact) mass is 335 g/mol. The number of pyridine rings is 1. The summed E-state index contributed by atoms with van der Waals surface area (Å²) in [5.41, 5.74) is 6.44. The van der Waals surface area contributed by atoms with Gasteiger partial charge in [-0.15, -0.1) is 5.75 Å². The van der Waals surface area contributed by atoms with Gasteiger partial charge in [-0.3, -0.25) is 10.7 Å². The molecule has 2 aromatic carbocycles. The summed E-state index contributed by atoms with van der Waals surface area (Å²) in [5.74, 6) is -0.422. The van der Waals surface area contributed by atoms with Crippen LogP contribution in [0.1, 0.15) is 15.9 Å². The number of H-pyrrole nitrogens is 1. The van der Waals surface area contributed by atoms with Gasteiger partial charge in [0.15, 0.2) is 0 Å². The van der Waals surface area contributed by atoms with Gasteiger partial charge >= 0.3 is 5.97 Å². The van der Waals surface area contributed by atoms with Gasteiger partial charge in [0.05, 0.1) is 17.4 Å². The van der Waals surface area contributed by atoms with E-state index in [4.69, 9.17) is 10.8 Å². The number of hydrogen-bond acceptors (Lipinski definition) is 4. The second-order valence-corrected chi connectivity index (χ2v) is 4.97.